The molecule has 3 N–H and O–H groups in total. The normalized spacial score (nSPS) is 11.2. The van der Waals surface area contributed by atoms with Crippen molar-refractivity contribution in [2.24, 2.45) is 5.14 Å². The molecule has 0 aliphatic heterocycles. The molecule has 4 nitrogen and oxygen atoms in total. The second kappa shape index (κ2) is 3.47. The first-order valence-electron chi connectivity index (χ1n) is 3.13. The average Bonchev–Trinajstić information content (AvgIpc) is 1.91. The number of hydrogen-bond donors (Lipinski definition) is 2. The molecule has 66 valence electrons. The number of rotatable bonds is 2. The van der Waals surface area contributed by atoms with E-state index in [-0.39, 0.29) is 0 Å². The zero-order valence-electron chi connectivity index (χ0n) is 6.19. The molecule has 1 aromatic rings. The summed E-state index contributed by atoms with van der Waals surface area (Å²) in [5.74, 6) is 0. The van der Waals surface area contributed by atoms with Crippen molar-refractivity contribution in [3.05, 3.63) is 24.3 Å². The number of hydrogen-bond acceptors (Lipinski definition) is 2. The fraction of sp³-hybridized carbons (Fsp3) is 0. The van der Waals surface area contributed by atoms with Gasteiger partial charge in [-0.25, -0.2) is 0 Å². The van der Waals surface area contributed by atoms with Crippen LogP contribution < -0.4 is 14.2 Å². The summed E-state index contributed by atoms with van der Waals surface area (Å²) < 4.78 is 24.4. The SMILES string of the molecule is NS(=O)(=O)Nc1ccc([AsH2])cc1. The fourth-order valence-corrected chi connectivity index (χ4v) is 1.58. The number of nitrogens with two attached hydrogens (primary N) is 1. The molecule has 0 aromatic heterocycles. The molecular formula is C6H9AsN2O2S. The first kappa shape index (κ1) is 9.58. The molecule has 0 saturated carbocycles. The predicted octanol–water partition coefficient (Wildman–Crippen LogP) is -1.44. The predicted molar refractivity (Wildman–Crippen MR) is 51.3 cm³/mol. The van der Waals surface area contributed by atoms with Crippen LogP contribution in [0, 0.1) is 0 Å². The molecule has 0 spiro atoms. The summed E-state index contributed by atoms with van der Waals surface area (Å²) in [6.45, 7) is 0. The Bertz CT molecular complexity index is 360. The Morgan fingerprint density at radius 3 is 2.17 bits per heavy atom. The molecule has 1 unspecified atom stereocenters. The van der Waals surface area contributed by atoms with Gasteiger partial charge in [-0.3, -0.25) is 0 Å². The van der Waals surface area contributed by atoms with E-state index in [0.717, 1.165) is 4.35 Å². The molecule has 0 heterocycles. The van der Waals surface area contributed by atoms with Gasteiger partial charge in [0.1, 0.15) is 0 Å². The topological polar surface area (TPSA) is 72.2 Å². The van der Waals surface area contributed by atoms with Gasteiger partial charge in [-0.15, -0.1) is 0 Å². The molecular weight excluding hydrogens is 239 g/mol. The Hall–Kier alpha value is -0.512. The van der Waals surface area contributed by atoms with Crippen molar-refractivity contribution in [2.75, 3.05) is 4.72 Å². The molecule has 1 aromatic carbocycles. The average molecular weight is 248 g/mol. The Morgan fingerprint density at radius 1 is 1.25 bits per heavy atom. The van der Waals surface area contributed by atoms with E-state index >= 15 is 0 Å². The van der Waals surface area contributed by atoms with Crippen LogP contribution in [-0.2, 0) is 10.2 Å². The van der Waals surface area contributed by atoms with Gasteiger partial charge in [-0.1, -0.05) is 0 Å². The molecule has 1 rings (SSSR count). The Morgan fingerprint density at radius 2 is 1.75 bits per heavy atom. The van der Waals surface area contributed by atoms with Crippen LogP contribution in [0.25, 0.3) is 0 Å². The minimum absolute atomic E-state index is 0.485. The monoisotopic (exact) mass is 248 g/mol. The quantitative estimate of drug-likeness (QED) is 0.629. The van der Waals surface area contributed by atoms with Gasteiger partial charge in [0.2, 0.25) is 0 Å². The third kappa shape index (κ3) is 3.26. The van der Waals surface area contributed by atoms with Gasteiger partial charge in [0.05, 0.1) is 0 Å². The van der Waals surface area contributed by atoms with Crippen LogP contribution in [0.15, 0.2) is 24.3 Å². The zero-order chi connectivity index (χ0) is 9.19. The number of benzene rings is 1. The van der Waals surface area contributed by atoms with Crippen LogP contribution in [0.1, 0.15) is 0 Å². The van der Waals surface area contributed by atoms with Crippen molar-refractivity contribution in [1.82, 2.24) is 0 Å². The van der Waals surface area contributed by atoms with E-state index in [0.29, 0.717) is 5.69 Å². The molecule has 1 atom stereocenters. The van der Waals surface area contributed by atoms with E-state index in [4.69, 9.17) is 5.14 Å². The van der Waals surface area contributed by atoms with Crippen LogP contribution in [0.5, 0.6) is 0 Å². The van der Waals surface area contributed by atoms with Crippen molar-refractivity contribution >= 4 is 37.1 Å². The zero-order valence-corrected chi connectivity index (χ0v) is 9.43. The van der Waals surface area contributed by atoms with Crippen molar-refractivity contribution in [3.8, 4) is 0 Å². The van der Waals surface area contributed by atoms with Crippen molar-refractivity contribution in [3.63, 3.8) is 0 Å². The maximum absolute atomic E-state index is 10.6. The second-order valence-electron chi connectivity index (χ2n) is 2.27. The van der Waals surface area contributed by atoms with E-state index in [1.165, 1.54) is 16.9 Å². The molecule has 0 amide bonds. The van der Waals surface area contributed by atoms with Gasteiger partial charge in [0, 0.05) is 0 Å². The summed E-state index contributed by atoms with van der Waals surface area (Å²) in [4.78, 5) is 0. The van der Waals surface area contributed by atoms with E-state index in [2.05, 4.69) is 4.72 Å². The molecule has 0 bridgehead atoms. The third-order valence-corrected chi connectivity index (χ3v) is 2.50. The minimum atomic E-state index is -3.63. The first-order valence-corrected chi connectivity index (χ1v) is 5.89. The standard InChI is InChI=1S/C6H9AsN2O2S/c7-5-1-3-6(4-2-5)9-12(8,10)11/h1-4,9H,7H2,(H2,8,10,11). The van der Waals surface area contributed by atoms with Crippen LogP contribution in [0.3, 0.4) is 0 Å². The molecule has 0 radical (unpaired) electrons. The van der Waals surface area contributed by atoms with Crippen LogP contribution in [0.2, 0.25) is 0 Å². The van der Waals surface area contributed by atoms with Gasteiger partial charge in [-0.05, 0) is 0 Å². The van der Waals surface area contributed by atoms with E-state index in [1.54, 1.807) is 12.1 Å². The van der Waals surface area contributed by atoms with Gasteiger partial charge >= 0.3 is 79.6 Å². The van der Waals surface area contributed by atoms with Crippen LogP contribution in [0.4, 0.5) is 5.69 Å². The van der Waals surface area contributed by atoms with Gasteiger partial charge in [-0.2, -0.15) is 0 Å². The summed E-state index contributed by atoms with van der Waals surface area (Å²) in [6.07, 6.45) is 0. The van der Waals surface area contributed by atoms with Gasteiger partial charge in [0.25, 0.3) is 0 Å². The van der Waals surface area contributed by atoms with Gasteiger partial charge in [0.15, 0.2) is 0 Å². The molecule has 0 fully saturated rings. The Labute approximate surface area is 79.8 Å². The van der Waals surface area contributed by atoms with Crippen molar-refractivity contribution in [2.45, 2.75) is 0 Å². The van der Waals surface area contributed by atoms with Crippen molar-refractivity contribution < 1.29 is 8.42 Å². The van der Waals surface area contributed by atoms with E-state index in [1.807, 2.05) is 12.1 Å². The summed E-state index contributed by atoms with van der Waals surface area (Å²) >= 11 is 1.48. The summed E-state index contributed by atoms with van der Waals surface area (Å²) in [7, 11) is -3.63. The summed E-state index contributed by atoms with van der Waals surface area (Å²) in [5.41, 5.74) is 0.485. The Kier molecular flexibility index (Phi) is 2.77. The maximum atomic E-state index is 10.6. The molecule has 12 heavy (non-hydrogen) atoms. The number of nitrogens with one attached hydrogen (secondary N) is 1. The summed E-state index contributed by atoms with van der Waals surface area (Å²) in [5, 5.41) is 4.77. The number of anilines is 1. The van der Waals surface area contributed by atoms with Crippen molar-refractivity contribution in [1.29, 1.82) is 0 Å². The van der Waals surface area contributed by atoms with Crippen LogP contribution in [-0.4, -0.2) is 25.3 Å². The van der Waals surface area contributed by atoms with E-state index in [9.17, 15) is 8.42 Å². The Balaban J connectivity index is 2.85. The molecule has 0 aliphatic rings. The molecule has 6 heteroatoms. The third-order valence-electron chi connectivity index (χ3n) is 1.17. The summed E-state index contributed by atoms with van der Waals surface area (Å²) in [6, 6.07) is 6.99. The van der Waals surface area contributed by atoms with E-state index < -0.39 is 10.2 Å². The second-order valence-corrected chi connectivity index (χ2v) is 4.96. The van der Waals surface area contributed by atoms with Gasteiger partial charge < -0.3 is 0 Å². The molecule has 0 saturated heterocycles. The fourth-order valence-electron chi connectivity index (χ4n) is 0.715. The van der Waals surface area contributed by atoms with Crippen LogP contribution >= 0.6 is 0 Å². The molecule has 0 aliphatic carbocycles. The first-order chi connectivity index (χ1) is 5.47.